The van der Waals surface area contributed by atoms with Crippen LogP contribution in [0.25, 0.3) is 0 Å². The minimum absolute atomic E-state index is 0.0118. The molecule has 1 saturated carbocycles. The van der Waals surface area contributed by atoms with Gasteiger partial charge in [-0.3, -0.25) is 9.59 Å². The van der Waals surface area contributed by atoms with Gasteiger partial charge in [-0.25, -0.2) is 4.68 Å². The molecule has 1 N–H and O–H groups in total. The SMILES string of the molecule is CCCNC(=O)CC1CCCN(c2cnn(CC3CC3)c(=O)c2)C1. The van der Waals surface area contributed by atoms with Gasteiger partial charge < -0.3 is 10.2 Å². The van der Waals surface area contributed by atoms with Crippen molar-refractivity contribution < 1.29 is 4.79 Å². The number of amides is 1. The molecule has 1 aromatic rings. The first-order valence-corrected chi connectivity index (χ1v) is 9.24. The van der Waals surface area contributed by atoms with Crippen LogP contribution in [0.2, 0.25) is 0 Å². The van der Waals surface area contributed by atoms with Crippen LogP contribution < -0.4 is 15.8 Å². The molecule has 0 spiro atoms. The minimum Gasteiger partial charge on any atom is -0.370 e. The molecule has 3 rings (SSSR count). The number of nitrogens with one attached hydrogen (secondary N) is 1. The Hall–Kier alpha value is -1.85. The summed E-state index contributed by atoms with van der Waals surface area (Å²) in [4.78, 5) is 26.4. The largest absolute Gasteiger partial charge is 0.370 e. The highest BCUT2D eigenvalue weighted by Gasteiger charge is 2.24. The van der Waals surface area contributed by atoms with Gasteiger partial charge in [0.2, 0.25) is 5.91 Å². The molecule has 0 radical (unpaired) electrons. The van der Waals surface area contributed by atoms with Crippen LogP contribution in [0, 0.1) is 11.8 Å². The third-order valence-corrected chi connectivity index (χ3v) is 4.91. The van der Waals surface area contributed by atoms with Gasteiger partial charge in [0.1, 0.15) is 0 Å². The van der Waals surface area contributed by atoms with Gasteiger partial charge in [0.25, 0.3) is 5.56 Å². The molecule has 2 fully saturated rings. The number of aromatic nitrogens is 2. The summed E-state index contributed by atoms with van der Waals surface area (Å²) in [5.41, 5.74) is 0.882. The fraction of sp³-hybridized carbons (Fsp3) is 0.722. The quantitative estimate of drug-likeness (QED) is 0.826. The molecule has 0 aromatic carbocycles. The summed E-state index contributed by atoms with van der Waals surface area (Å²) in [7, 11) is 0. The molecular formula is C18H28N4O2. The number of nitrogens with zero attached hydrogens (tertiary/aromatic N) is 3. The van der Waals surface area contributed by atoms with Crippen LogP contribution in [-0.2, 0) is 11.3 Å². The highest BCUT2D eigenvalue weighted by atomic mass is 16.1. The summed E-state index contributed by atoms with van der Waals surface area (Å²) in [6.07, 6.45) is 7.89. The average molecular weight is 332 g/mol. The highest BCUT2D eigenvalue weighted by Crippen LogP contribution is 2.30. The Bertz CT molecular complexity index is 624. The molecule has 1 aromatic heterocycles. The molecule has 132 valence electrons. The maximum Gasteiger partial charge on any atom is 0.268 e. The number of rotatable bonds is 7. The van der Waals surface area contributed by atoms with E-state index < -0.39 is 0 Å². The van der Waals surface area contributed by atoms with Crippen molar-refractivity contribution in [2.24, 2.45) is 11.8 Å². The molecular weight excluding hydrogens is 304 g/mol. The van der Waals surface area contributed by atoms with Crippen molar-refractivity contribution in [3.8, 4) is 0 Å². The van der Waals surface area contributed by atoms with Gasteiger partial charge in [-0.1, -0.05) is 6.92 Å². The number of carbonyl (C=O) groups is 1. The monoisotopic (exact) mass is 332 g/mol. The van der Waals surface area contributed by atoms with E-state index in [1.165, 1.54) is 12.8 Å². The van der Waals surface area contributed by atoms with Crippen molar-refractivity contribution >= 4 is 11.6 Å². The second-order valence-corrected chi connectivity index (χ2v) is 7.19. The first-order valence-electron chi connectivity index (χ1n) is 9.24. The zero-order valence-corrected chi connectivity index (χ0v) is 14.5. The van der Waals surface area contributed by atoms with E-state index in [4.69, 9.17) is 0 Å². The Morgan fingerprint density at radius 2 is 2.17 bits per heavy atom. The zero-order valence-electron chi connectivity index (χ0n) is 14.5. The summed E-state index contributed by atoms with van der Waals surface area (Å²) < 4.78 is 1.58. The maximum absolute atomic E-state index is 12.2. The van der Waals surface area contributed by atoms with Gasteiger partial charge >= 0.3 is 0 Å². The van der Waals surface area contributed by atoms with E-state index in [2.05, 4.69) is 22.2 Å². The van der Waals surface area contributed by atoms with Crippen molar-refractivity contribution in [1.29, 1.82) is 0 Å². The first kappa shape index (κ1) is 17.0. The topological polar surface area (TPSA) is 67.2 Å². The number of anilines is 1. The Kier molecular flexibility index (Phi) is 5.53. The molecule has 2 heterocycles. The lowest BCUT2D eigenvalue weighted by atomic mass is 9.94. The fourth-order valence-electron chi connectivity index (χ4n) is 3.34. The summed E-state index contributed by atoms with van der Waals surface area (Å²) in [6, 6.07) is 1.70. The Labute approximate surface area is 143 Å². The van der Waals surface area contributed by atoms with Crippen molar-refractivity contribution in [1.82, 2.24) is 15.1 Å². The van der Waals surface area contributed by atoms with Crippen LogP contribution in [0.5, 0.6) is 0 Å². The van der Waals surface area contributed by atoms with Crippen molar-refractivity contribution in [2.45, 2.75) is 52.0 Å². The van der Waals surface area contributed by atoms with Crippen molar-refractivity contribution in [2.75, 3.05) is 24.5 Å². The van der Waals surface area contributed by atoms with Crippen molar-refractivity contribution in [3.05, 3.63) is 22.6 Å². The lowest BCUT2D eigenvalue weighted by Crippen LogP contribution is -2.39. The van der Waals surface area contributed by atoms with Crippen LogP contribution in [0.15, 0.2) is 17.1 Å². The van der Waals surface area contributed by atoms with Gasteiger partial charge in [-0.15, -0.1) is 0 Å². The normalized spacial score (nSPS) is 20.9. The summed E-state index contributed by atoms with van der Waals surface area (Å²) in [6.45, 7) is 5.31. The van der Waals surface area contributed by atoms with Crippen LogP contribution >= 0.6 is 0 Å². The molecule has 6 heteroatoms. The van der Waals surface area contributed by atoms with Gasteiger partial charge in [-0.2, -0.15) is 5.10 Å². The third kappa shape index (κ3) is 4.58. The number of carbonyl (C=O) groups excluding carboxylic acids is 1. The van der Waals surface area contributed by atoms with E-state index in [-0.39, 0.29) is 11.5 Å². The molecule has 24 heavy (non-hydrogen) atoms. The molecule has 6 nitrogen and oxygen atoms in total. The van der Waals surface area contributed by atoms with Crippen LogP contribution in [0.3, 0.4) is 0 Å². The van der Waals surface area contributed by atoms with Gasteiger partial charge in [0, 0.05) is 38.7 Å². The van der Waals surface area contributed by atoms with E-state index in [0.717, 1.165) is 51.1 Å². The van der Waals surface area contributed by atoms with Crippen molar-refractivity contribution in [3.63, 3.8) is 0 Å². The second-order valence-electron chi connectivity index (χ2n) is 7.19. The van der Waals surface area contributed by atoms with E-state index >= 15 is 0 Å². The van der Waals surface area contributed by atoms with E-state index in [1.807, 2.05) is 6.20 Å². The predicted octanol–water partition coefficient (Wildman–Crippen LogP) is 1.79. The Balaban J connectivity index is 1.58. The molecule has 1 amide bonds. The zero-order chi connectivity index (χ0) is 16.9. The highest BCUT2D eigenvalue weighted by molar-refractivity contribution is 5.76. The third-order valence-electron chi connectivity index (χ3n) is 4.91. The molecule has 0 bridgehead atoms. The minimum atomic E-state index is -0.0118. The fourth-order valence-corrected chi connectivity index (χ4v) is 3.34. The number of hydrogen-bond donors (Lipinski definition) is 1. The number of hydrogen-bond acceptors (Lipinski definition) is 4. The smallest absolute Gasteiger partial charge is 0.268 e. The molecule has 1 aliphatic carbocycles. The lowest BCUT2D eigenvalue weighted by molar-refractivity contribution is -0.122. The van der Waals surface area contributed by atoms with E-state index in [0.29, 0.717) is 18.3 Å². The molecule has 1 saturated heterocycles. The summed E-state index contributed by atoms with van der Waals surface area (Å²) in [5, 5.41) is 7.30. The standard InChI is InChI=1S/C18H28N4O2/c1-2-7-19-17(23)9-15-4-3-8-21(12-15)16-10-18(24)22(20-11-16)13-14-5-6-14/h10-11,14-15H,2-9,12-13H2,1H3,(H,19,23). The van der Waals surface area contributed by atoms with Gasteiger partial charge in [0.15, 0.2) is 0 Å². The Morgan fingerprint density at radius 1 is 1.33 bits per heavy atom. The van der Waals surface area contributed by atoms with E-state index in [9.17, 15) is 9.59 Å². The summed E-state index contributed by atoms with van der Waals surface area (Å²) >= 11 is 0. The van der Waals surface area contributed by atoms with Crippen LogP contribution in [0.4, 0.5) is 5.69 Å². The van der Waals surface area contributed by atoms with Crippen LogP contribution in [-0.4, -0.2) is 35.3 Å². The molecule has 1 unspecified atom stereocenters. The van der Waals surface area contributed by atoms with Gasteiger partial charge in [-0.05, 0) is 43.9 Å². The maximum atomic E-state index is 12.2. The molecule has 2 aliphatic rings. The average Bonchev–Trinajstić information content (AvgIpc) is 3.39. The lowest BCUT2D eigenvalue weighted by Gasteiger charge is -2.34. The Morgan fingerprint density at radius 3 is 2.88 bits per heavy atom. The molecule has 1 atom stereocenters. The van der Waals surface area contributed by atoms with Crippen LogP contribution in [0.1, 0.15) is 45.4 Å². The predicted molar refractivity (Wildman–Crippen MR) is 94.1 cm³/mol. The molecule has 1 aliphatic heterocycles. The first-order chi connectivity index (χ1) is 11.7. The summed E-state index contributed by atoms with van der Waals surface area (Å²) in [5.74, 6) is 1.13. The van der Waals surface area contributed by atoms with E-state index in [1.54, 1.807) is 10.7 Å². The second kappa shape index (κ2) is 7.81. The number of piperidine rings is 1. The van der Waals surface area contributed by atoms with Gasteiger partial charge in [0.05, 0.1) is 11.9 Å².